The largest absolute Gasteiger partial charge is 0.495 e. The molecule has 0 saturated carbocycles. The lowest BCUT2D eigenvalue weighted by molar-refractivity contribution is 0.413. The molecule has 33 heavy (non-hydrogen) atoms. The standard InChI is InChI=1S/C24H16FN7O/c1-33-16-8-14(10-26-11-16)19-9-17-20(12-28-19)31-32-22(17)24-29-18-6-7-27-21(23(18)30-24)13-2-4-15(25)5-3-13/h2-12H,1H3,(H,29,30)(H,31,32). The first-order chi connectivity index (χ1) is 16.2. The van der Waals surface area contributed by atoms with Crippen LogP contribution in [0.15, 0.2) is 67.3 Å². The van der Waals surface area contributed by atoms with E-state index in [1.807, 2.05) is 18.2 Å². The van der Waals surface area contributed by atoms with Crippen molar-refractivity contribution in [2.45, 2.75) is 0 Å². The Labute approximate surface area is 186 Å². The SMILES string of the molecule is COc1cncc(-c2cc3c(-c4nc5c(-c6ccc(F)cc6)nccc5[nH]4)n[nH]c3cn2)c1. The zero-order chi connectivity index (χ0) is 22.4. The van der Waals surface area contributed by atoms with Crippen LogP contribution < -0.4 is 4.74 Å². The van der Waals surface area contributed by atoms with Gasteiger partial charge in [-0.15, -0.1) is 0 Å². The fourth-order valence-corrected chi connectivity index (χ4v) is 3.79. The van der Waals surface area contributed by atoms with E-state index in [4.69, 9.17) is 9.72 Å². The summed E-state index contributed by atoms with van der Waals surface area (Å²) >= 11 is 0. The van der Waals surface area contributed by atoms with Crippen LogP contribution in [0.2, 0.25) is 0 Å². The van der Waals surface area contributed by atoms with Crippen molar-refractivity contribution in [1.29, 1.82) is 0 Å². The molecule has 2 N–H and O–H groups in total. The second-order valence-electron chi connectivity index (χ2n) is 7.45. The average Bonchev–Trinajstić information content (AvgIpc) is 3.48. The van der Waals surface area contributed by atoms with Gasteiger partial charge in [-0.3, -0.25) is 20.1 Å². The van der Waals surface area contributed by atoms with Crippen molar-refractivity contribution in [2.24, 2.45) is 0 Å². The molecule has 1 aromatic carbocycles. The van der Waals surface area contributed by atoms with Gasteiger partial charge in [-0.25, -0.2) is 9.37 Å². The van der Waals surface area contributed by atoms with E-state index in [1.54, 1.807) is 44.0 Å². The van der Waals surface area contributed by atoms with Crippen LogP contribution in [0.1, 0.15) is 0 Å². The van der Waals surface area contributed by atoms with E-state index < -0.39 is 0 Å². The summed E-state index contributed by atoms with van der Waals surface area (Å²) in [6.07, 6.45) is 6.81. The molecule has 160 valence electrons. The molecule has 0 bridgehead atoms. The van der Waals surface area contributed by atoms with Gasteiger partial charge in [-0.1, -0.05) is 0 Å². The third-order valence-corrected chi connectivity index (χ3v) is 5.43. The van der Waals surface area contributed by atoms with Crippen LogP contribution in [0.25, 0.3) is 56.0 Å². The number of nitrogens with zero attached hydrogens (tertiary/aromatic N) is 5. The number of halogens is 1. The normalized spacial score (nSPS) is 11.3. The van der Waals surface area contributed by atoms with Crippen molar-refractivity contribution in [3.63, 3.8) is 0 Å². The molecule has 0 unspecified atom stereocenters. The third kappa shape index (κ3) is 3.26. The minimum absolute atomic E-state index is 0.299. The van der Waals surface area contributed by atoms with Crippen LogP contribution in [0, 0.1) is 5.82 Å². The average molecular weight is 437 g/mol. The number of ether oxygens (including phenoxy) is 1. The lowest BCUT2D eigenvalue weighted by Gasteiger charge is -2.03. The first-order valence-corrected chi connectivity index (χ1v) is 10.1. The molecule has 0 spiro atoms. The van der Waals surface area contributed by atoms with Gasteiger partial charge in [-0.05, 0) is 42.5 Å². The van der Waals surface area contributed by atoms with Gasteiger partial charge >= 0.3 is 0 Å². The quantitative estimate of drug-likeness (QED) is 0.411. The minimum Gasteiger partial charge on any atom is -0.495 e. The Morgan fingerprint density at radius 3 is 2.61 bits per heavy atom. The highest BCUT2D eigenvalue weighted by Crippen LogP contribution is 2.32. The Morgan fingerprint density at radius 1 is 0.879 bits per heavy atom. The maximum absolute atomic E-state index is 13.4. The molecule has 6 aromatic rings. The van der Waals surface area contributed by atoms with Gasteiger partial charge in [0.1, 0.15) is 22.8 Å². The maximum atomic E-state index is 13.4. The minimum atomic E-state index is -0.299. The van der Waals surface area contributed by atoms with E-state index in [0.29, 0.717) is 28.5 Å². The number of hydrogen-bond donors (Lipinski definition) is 2. The number of rotatable bonds is 4. The second kappa shape index (κ2) is 7.49. The first-order valence-electron chi connectivity index (χ1n) is 10.1. The number of pyridine rings is 3. The van der Waals surface area contributed by atoms with Crippen LogP contribution in [-0.4, -0.2) is 42.2 Å². The lowest BCUT2D eigenvalue weighted by atomic mass is 10.1. The van der Waals surface area contributed by atoms with E-state index in [9.17, 15) is 4.39 Å². The molecule has 5 heterocycles. The Balaban J connectivity index is 1.48. The van der Waals surface area contributed by atoms with Crippen molar-refractivity contribution in [3.05, 3.63) is 73.1 Å². The Bertz CT molecular complexity index is 1620. The number of fused-ring (bicyclic) bond motifs is 2. The van der Waals surface area contributed by atoms with Crippen LogP contribution in [-0.2, 0) is 0 Å². The van der Waals surface area contributed by atoms with Gasteiger partial charge < -0.3 is 9.72 Å². The summed E-state index contributed by atoms with van der Waals surface area (Å²) in [6.45, 7) is 0. The lowest BCUT2D eigenvalue weighted by Crippen LogP contribution is -1.89. The first kappa shape index (κ1) is 19.1. The second-order valence-corrected chi connectivity index (χ2v) is 7.45. The summed E-state index contributed by atoms with van der Waals surface area (Å²) in [5, 5.41) is 8.35. The smallest absolute Gasteiger partial charge is 0.159 e. The molecule has 0 radical (unpaired) electrons. The highest BCUT2D eigenvalue weighted by atomic mass is 19.1. The summed E-state index contributed by atoms with van der Waals surface area (Å²) < 4.78 is 18.7. The molecule has 0 aliphatic carbocycles. The number of H-pyrrole nitrogens is 2. The molecule has 0 aliphatic heterocycles. The molecule has 9 heteroatoms. The van der Waals surface area contributed by atoms with E-state index in [-0.39, 0.29) is 5.82 Å². The van der Waals surface area contributed by atoms with Crippen molar-refractivity contribution >= 4 is 21.9 Å². The topological polar surface area (TPSA) is 105 Å². The highest BCUT2D eigenvalue weighted by molar-refractivity contribution is 5.96. The molecule has 5 aromatic heterocycles. The van der Waals surface area contributed by atoms with Gasteiger partial charge in [-0.2, -0.15) is 5.10 Å². The predicted octanol–water partition coefficient (Wildman–Crippen LogP) is 4.77. The van der Waals surface area contributed by atoms with Gasteiger partial charge in [0, 0.05) is 28.9 Å². The van der Waals surface area contributed by atoms with E-state index in [0.717, 1.165) is 33.2 Å². The number of hydrogen-bond acceptors (Lipinski definition) is 6. The van der Waals surface area contributed by atoms with E-state index >= 15 is 0 Å². The van der Waals surface area contributed by atoms with Crippen molar-refractivity contribution in [1.82, 2.24) is 35.1 Å². The van der Waals surface area contributed by atoms with Crippen molar-refractivity contribution < 1.29 is 9.13 Å². The fourth-order valence-electron chi connectivity index (χ4n) is 3.79. The van der Waals surface area contributed by atoms with Crippen LogP contribution in [0.4, 0.5) is 4.39 Å². The summed E-state index contributed by atoms with van der Waals surface area (Å²) in [7, 11) is 1.60. The number of methoxy groups -OCH3 is 1. The maximum Gasteiger partial charge on any atom is 0.159 e. The Hall–Kier alpha value is -4.66. The zero-order valence-electron chi connectivity index (χ0n) is 17.4. The predicted molar refractivity (Wildman–Crippen MR) is 122 cm³/mol. The van der Waals surface area contributed by atoms with Crippen molar-refractivity contribution in [2.75, 3.05) is 7.11 Å². The highest BCUT2D eigenvalue weighted by Gasteiger charge is 2.17. The van der Waals surface area contributed by atoms with Gasteiger partial charge in [0.05, 0.1) is 41.9 Å². The molecular formula is C24H16FN7O. The number of imidazole rings is 1. The zero-order valence-corrected chi connectivity index (χ0v) is 17.4. The molecule has 8 nitrogen and oxygen atoms in total. The summed E-state index contributed by atoms with van der Waals surface area (Å²) in [5.74, 6) is 0.945. The van der Waals surface area contributed by atoms with E-state index in [1.165, 1.54) is 12.1 Å². The number of nitrogens with one attached hydrogen (secondary N) is 2. The Morgan fingerprint density at radius 2 is 1.76 bits per heavy atom. The van der Waals surface area contributed by atoms with Crippen LogP contribution >= 0.6 is 0 Å². The van der Waals surface area contributed by atoms with Crippen molar-refractivity contribution in [3.8, 4) is 39.8 Å². The van der Waals surface area contributed by atoms with Crippen LogP contribution in [0.3, 0.4) is 0 Å². The van der Waals surface area contributed by atoms with Gasteiger partial charge in [0.25, 0.3) is 0 Å². The number of aromatic amines is 2. The molecule has 0 fully saturated rings. The summed E-state index contributed by atoms with van der Waals surface area (Å²) in [4.78, 5) is 21.3. The Kier molecular flexibility index (Phi) is 4.32. The molecule has 6 rings (SSSR count). The monoisotopic (exact) mass is 437 g/mol. The molecule has 0 aliphatic rings. The summed E-state index contributed by atoms with van der Waals surface area (Å²) in [6, 6.07) is 11.9. The van der Waals surface area contributed by atoms with Gasteiger partial charge in [0.15, 0.2) is 5.82 Å². The van der Waals surface area contributed by atoms with Gasteiger partial charge in [0.2, 0.25) is 0 Å². The van der Waals surface area contributed by atoms with Crippen LogP contribution in [0.5, 0.6) is 5.75 Å². The number of aromatic nitrogens is 7. The molecule has 0 amide bonds. The summed E-state index contributed by atoms with van der Waals surface area (Å²) in [5.41, 5.74) is 5.94. The fraction of sp³-hybridized carbons (Fsp3) is 0.0417. The number of benzene rings is 1. The third-order valence-electron chi connectivity index (χ3n) is 5.43. The molecule has 0 saturated heterocycles. The van der Waals surface area contributed by atoms with E-state index in [2.05, 4.69) is 30.1 Å². The molecule has 0 atom stereocenters. The molecular weight excluding hydrogens is 421 g/mol.